The van der Waals surface area contributed by atoms with Crippen molar-refractivity contribution in [1.29, 1.82) is 0 Å². The zero-order valence-electron chi connectivity index (χ0n) is 17.3. The molecule has 1 aliphatic rings. The standard InChI is InChI=1S/C21H34ClN2O4P/c1-2-3-4-5-8-15-23-17-18-24(21(23)28-29(25,26)27)16-9-6-7-10-19-11-13-20(22)14-12-19/h11-14,17-18,21H,2-10,15-16H2,1H3,(H2,25,26,27). The minimum atomic E-state index is -4.56. The van der Waals surface area contributed by atoms with E-state index in [2.05, 4.69) is 6.92 Å². The summed E-state index contributed by atoms with van der Waals surface area (Å²) in [6.45, 7) is 3.62. The van der Waals surface area contributed by atoms with Crippen LogP contribution in [0.1, 0.15) is 63.9 Å². The lowest BCUT2D eigenvalue weighted by Crippen LogP contribution is -2.41. The van der Waals surface area contributed by atoms with Gasteiger partial charge < -0.3 is 19.6 Å². The molecule has 1 unspecified atom stereocenters. The molecule has 1 aliphatic heterocycles. The molecule has 0 saturated heterocycles. The molecule has 0 radical (unpaired) electrons. The zero-order valence-corrected chi connectivity index (χ0v) is 18.9. The van der Waals surface area contributed by atoms with Gasteiger partial charge in [0.2, 0.25) is 6.35 Å². The number of hydrogen-bond acceptors (Lipinski definition) is 4. The van der Waals surface area contributed by atoms with Gasteiger partial charge >= 0.3 is 7.82 Å². The first-order valence-corrected chi connectivity index (χ1v) is 12.5. The van der Waals surface area contributed by atoms with Gasteiger partial charge in [-0.3, -0.25) is 0 Å². The van der Waals surface area contributed by atoms with Crippen LogP contribution in [0, 0.1) is 0 Å². The Kier molecular flexibility index (Phi) is 10.5. The van der Waals surface area contributed by atoms with Gasteiger partial charge in [0.25, 0.3) is 0 Å². The Morgan fingerprint density at radius 2 is 1.48 bits per heavy atom. The van der Waals surface area contributed by atoms with Crippen LogP contribution in [0.3, 0.4) is 0 Å². The highest BCUT2D eigenvalue weighted by Gasteiger charge is 2.32. The molecule has 0 spiro atoms. The predicted molar refractivity (Wildman–Crippen MR) is 117 cm³/mol. The monoisotopic (exact) mass is 444 g/mol. The van der Waals surface area contributed by atoms with E-state index in [4.69, 9.17) is 16.1 Å². The van der Waals surface area contributed by atoms with Gasteiger partial charge in [-0.15, -0.1) is 0 Å². The van der Waals surface area contributed by atoms with Crippen molar-refractivity contribution in [2.75, 3.05) is 13.1 Å². The highest BCUT2D eigenvalue weighted by Crippen LogP contribution is 2.40. The van der Waals surface area contributed by atoms with Crippen molar-refractivity contribution in [2.24, 2.45) is 0 Å². The first kappa shape index (κ1) is 24.2. The fourth-order valence-corrected chi connectivity index (χ4v) is 4.09. The molecule has 0 aliphatic carbocycles. The van der Waals surface area contributed by atoms with E-state index >= 15 is 0 Å². The summed E-state index contributed by atoms with van der Waals surface area (Å²) in [6, 6.07) is 7.92. The molecule has 8 heteroatoms. The summed E-state index contributed by atoms with van der Waals surface area (Å²) >= 11 is 5.91. The van der Waals surface area contributed by atoms with Crippen LogP contribution in [-0.2, 0) is 15.5 Å². The van der Waals surface area contributed by atoms with Crippen LogP contribution in [0.4, 0.5) is 0 Å². The molecule has 0 saturated carbocycles. The van der Waals surface area contributed by atoms with Gasteiger partial charge in [0.1, 0.15) is 0 Å². The van der Waals surface area contributed by atoms with E-state index in [1.165, 1.54) is 24.8 Å². The summed E-state index contributed by atoms with van der Waals surface area (Å²) in [6.07, 6.45) is 12.8. The second-order valence-corrected chi connectivity index (χ2v) is 9.18. The number of nitrogens with zero attached hydrogens (tertiary/aromatic N) is 2. The normalized spacial score (nSPS) is 16.8. The fourth-order valence-electron chi connectivity index (χ4n) is 3.47. The fraction of sp³-hybridized carbons (Fsp3) is 0.619. The van der Waals surface area contributed by atoms with E-state index in [0.717, 1.165) is 50.1 Å². The largest absolute Gasteiger partial charge is 0.472 e. The lowest BCUT2D eigenvalue weighted by molar-refractivity contribution is -0.0446. The number of phosphoric ester groups is 1. The molecule has 0 bridgehead atoms. The van der Waals surface area contributed by atoms with Crippen LogP contribution in [0.25, 0.3) is 0 Å². The Morgan fingerprint density at radius 1 is 0.931 bits per heavy atom. The van der Waals surface area contributed by atoms with Crippen LogP contribution in [0.15, 0.2) is 36.7 Å². The number of phosphoric acid groups is 1. The van der Waals surface area contributed by atoms with Crippen molar-refractivity contribution in [3.63, 3.8) is 0 Å². The second kappa shape index (κ2) is 12.6. The SMILES string of the molecule is CCCCCCCN1C=CN(CCCCCc2ccc(Cl)cc2)C1OP(=O)(O)O. The number of aryl methyl sites for hydroxylation is 1. The molecule has 1 atom stereocenters. The molecular weight excluding hydrogens is 411 g/mol. The first-order chi connectivity index (χ1) is 13.9. The Bertz CT molecular complexity index is 665. The van der Waals surface area contributed by atoms with Gasteiger partial charge in [-0.25, -0.2) is 9.09 Å². The minimum Gasteiger partial charge on any atom is -0.334 e. The van der Waals surface area contributed by atoms with Crippen molar-refractivity contribution in [3.8, 4) is 0 Å². The van der Waals surface area contributed by atoms with Crippen LogP contribution >= 0.6 is 19.4 Å². The van der Waals surface area contributed by atoms with E-state index < -0.39 is 14.2 Å². The van der Waals surface area contributed by atoms with Crippen LogP contribution in [-0.4, -0.2) is 39.0 Å². The molecule has 1 aromatic carbocycles. The molecule has 2 rings (SSSR count). The first-order valence-electron chi connectivity index (χ1n) is 10.6. The molecule has 2 N–H and O–H groups in total. The summed E-state index contributed by atoms with van der Waals surface area (Å²) in [5.74, 6) is 0. The van der Waals surface area contributed by atoms with Gasteiger partial charge in [-0.05, 0) is 43.4 Å². The lowest BCUT2D eigenvalue weighted by Gasteiger charge is -2.32. The van der Waals surface area contributed by atoms with E-state index in [9.17, 15) is 14.4 Å². The van der Waals surface area contributed by atoms with Crippen molar-refractivity contribution in [1.82, 2.24) is 9.80 Å². The van der Waals surface area contributed by atoms with Gasteiger partial charge in [-0.2, -0.15) is 0 Å². The molecule has 1 heterocycles. The van der Waals surface area contributed by atoms with E-state index in [0.29, 0.717) is 6.54 Å². The smallest absolute Gasteiger partial charge is 0.334 e. The lowest BCUT2D eigenvalue weighted by atomic mass is 10.1. The number of halogens is 1. The molecular formula is C21H34ClN2O4P. The van der Waals surface area contributed by atoms with Gasteiger partial charge in [0.15, 0.2) is 0 Å². The number of benzene rings is 1. The van der Waals surface area contributed by atoms with Crippen molar-refractivity contribution < 1.29 is 18.9 Å². The van der Waals surface area contributed by atoms with Crippen molar-refractivity contribution >= 4 is 19.4 Å². The quantitative estimate of drug-likeness (QED) is 0.291. The second-order valence-electron chi connectivity index (χ2n) is 7.55. The Balaban J connectivity index is 1.74. The zero-order chi connectivity index (χ0) is 21.1. The van der Waals surface area contributed by atoms with Crippen molar-refractivity contribution in [2.45, 2.75) is 71.1 Å². The highest BCUT2D eigenvalue weighted by atomic mass is 35.5. The summed E-state index contributed by atoms with van der Waals surface area (Å²) in [4.78, 5) is 22.4. The Morgan fingerprint density at radius 3 is 2.03 bits per heavy atom. The molecule has 0 aromatic heterocycles. The van der Waals surface area contributed by atoms with Crippen LogP contribution < -0.4 is 0 Å². The maximum Gasteiger partial charge on any atom is 0.472 e. The molecule has 0 amide bonds. The topological polar surface area (TPSA) is 73.2 Å². The van der Waals surface area contributed by atoms with E-state index in [1.807, 2.05) is 46.5 Å². The summed E-state index contributed by atoms with van der Waals surface area (Å²) in [5, 5.41) is 0.751. The van der Waals surface area contributed by atoms with Gasteiger partial charge in [0.05, 0.1) is 0 Å². The number of rotatable bonds is 14. The maximum absolute atomic E-state index is 11.4. The third-order valence-electron chi connectivity index (χ3n) is 5.06. The maximum atomic E-state index is 11.4. The summed E-state index contributed by atoms with van der Waals surface area (Å²) < 4.78 is 16.5. The molecule has 164 valence electrons. The van der Waals surface area contributed by atoms with E-state index in [-0.39, 0.29) is 0 Å². The Labute approximate surface area is 179 Å². The number of unbranched alkanes of at least 4 members (excludes halogenated alkanes) is 6. The van der Waals surface area contributed by atoms with Crippen LogP contribution in [0.5, 0.6) is 0 Å². The molecule has 29 heavy (non-hydrogen) atoms. The molecule has 6 nitrogen and oxygen atoms in total. The van der Waals surface area contributed by atoms with Gasteiger partial charge in [0, 0.05) is 30.5 Å². The van der Waals surface area contributed by atoms with Crippen molar-refractivity contribution in [3.05, 3.63) is 47.3 Å². The van der Waals surface area contributed by atoms with Crippen LogP contribution in [0.2, 0.25) is 5.02 Å². The number of hydrogen-bond donors (Lipinski definition) is 2. The highest BCUT2D eigenvalue weighted by molar-refractivity contribution is 7.46. The third-order valence-corrected chi connectivity index (χ3v) is 5.78. The molecule has 1 aromatic rings. The molecule has 0 fully saturated rings. The average Bonchev–Trinajstić information content (AvgIpc) is 3.03. The summed E-state index contributed by atoms with van der Waals surface area (Å²) in [7, 11) is -4.56. The van der Waals surface area contributed by atoms with E-state index in [1.54, 1.807) is 0 Å². The summed E-state index contributed by atoms with van der Waals surface area (Å²) in [5.41, 5.74) is 1.27. The minimum absolute atomic E-state index is 0.702. The average molecular weight is 445 g/mol. The van der Waals surface area contributed by atoms with Gasteiger partial charge in [-0.1, -0.05) is 62.8 Å². The third kappa shape index (κ3) is 9.54. The Hall–Kier alpha value is -1.04. The predicted octanol–water partition coefficient (Wildman–Crippen LogP) is 5.50.